The lowest BCUT2D eigenvalue weighted by atomic mass is 9.74. The van der Waals surface area contributed by atoms with Crippen LogP contribution in [-0.4, -0.2) is 79.6 Å². The molecule has 2 amide bonds. The van der Waals surface area contributed by atoms with Crippen molar-refractivity contribution in [3.8, 4) is 11.4 Å². The maximum Gasteiger partial charge on any atom is 0.418 e. The number of rotatable bonds is 10. The second-order valence-electron chi connectivity index (χ2n) is 12.3. The molecular weight excluding hydrogens is 622 g/mol. The lowest BCUT2D eigenvalue weighted by Crippen LogP contribution is -2.53. The van der Waals surface area contributed by atoms with E-state index < -0.39 is 47.9 Å². The molecule has 1 saturated heterocycles. The number of aromatic nitrogens is 4. The second-order valence-corrected chi connectivity index (χ2v) is 12.3. The van der Waals surface area contributed by atoms with Crippen molar-refractivity contribution in [1.29, 1.82) is 0 Å². The normalized spacial score (nSPS) is 16.7. The number of alkyl halides is 3. The number of nitrogens with two attached hydrogens (primary N) is 1. The van der Waals surface area contributed by atoms with Crippen molar-refractivity contribution in [2.75, 3.05) is 25.5 Å². The van der Waals surface area contributed by atoms with Crippen LogP contribution >= 0.6 is 0 Å². The van der Waals surface area contributed by atoms with Crippen molar-refractivity contribution in [3.63, 3.8) is 0 Å². The van der Waals surface area contributed by atoms with Crippen LogP contribution in [0.25, 0.3) is 16.7 Å². The van der Waals surface area contributed by atoms with Gasteiger partial charge in [0.05, 0.1) is 30.9 Å². The summed E-state index contributed by atoms with van der Waals surface area (Å²) >= 11 is 0. The molecule has 2 aromatic heterocycles. The first-order chi connectivity index (χ1) is 22.0. The number of aliphatic hydroxyl groups is 1. The third kappa shape index (κ3) is 6.57. The molecule has 250 valence electrons. The highest BCUT2D eigenvalue weighted by molar-refractivity contribution is 5.98. The van der Waals surface area contributed by atoms with Gasteiger partial charge in [0, 0.05) is 17.7 Å². The van der Waals surface area contributed by atoms with Gasteiger partial charge in [0.2, 0.25) is 5.91 Å². The number of methoxy groups -OCH3 is 1. The van der Waals surface area contributed by atoms with Crippen molar-refractivity contribution in [1.82, 2.24) is 24.6 Å². The molecule has 4 N–H and O–H groups in total. The number of hydrogen-bond acceptors (Lipinski definition) is 8. The molecule has 0 spiro atoms. The molecule has 15 heteroatoms. The van der Waals surface area contributed by atoms with Crippen LogP contribution in [0.2, 0.25) is 0 Å². The number of carbonyl (C=O) groups is 2. The first-order valence-electron chi connectivity index (χ1n) is 14.8. The van der Waals surface area contributed by atoms with Gasteiger partial charge in [-0.05, 0) is 68.0 Å². The summed E-state index contributed by atoms with van der Waals surface area (Å²) < 4.78 is 64.4. The van der Waals surface area contributed by atoms with Crippen LogP contribution in [0, 0.1) is 12.7 Å². The van der Waals surface area contributed by atoms with Crippen LogP contribution in [0.5, 0.6) is 5.75 Å². The number of benzene rings is 2. The van der Waals surface area contributed by atoms with Gasteiger partial charge in [-0.1, -0.05) is 19.9 Å². The van der Waals surface area contributed by atoms with Gasteiger partial charge in [0.15, 0.2) is 11.2 Å². The van der Waals surface area contributed by atoms with E-state index >= 15 is 0 Å². The van der Waals surface area contributed by atoms with Gasteiger partial charge in [-0.2, -0.15) is 18.3 Å². The van der Waals surface area contributed by atoms with Gasteiger partial charge in [0.25, 0.3) is 5.91 Å². The van der Waals surface area contributed by atoms with Gasteiger partial charge < -0.3 is 25.8 Å². The lowest BCUT2D eigenvalue weighted by molar-refractivity contribution is -0.260. The molecule has 0 saturated carbocycles. The Kier molecular flexibility index (Phi) is 8.88. The van der Waals surface area contributed by atoms with Crippen molar-refractivity contribution >= 4 is 28.7 Å². The minimum Gasteiger partial charge on any atom is -0.496 e. The number of halogens is 4. The molecule has 1 fully saturated rings. The molecule has 3 heterocycles. The fraction of sp³-hybridized carbons (Fsp3) is 0.406. The number of ether oxygens (including phenoxy) is 1. The van der Waals surface area contributed by atoms with Crippen LogP contribution in [0.3, 0.4) is 0 Å². The quantitative estimate of drug-likeness (QED) is 0.212. The maximum atomic E-state index is 14.5. The van der Waals surface area contributed by atoms with Crippen LogP contribution < -0.4 is 15.8 Å². The zero-order valence-electron chi connectivity index (χ0n) is 26.2. The molecule has 2 aromatic carbocycles. The van der Waals surface area contributed by atoms with E-state index in [1.165, 1.54) is 42.8 Å². The van der Waals surface area contributed by atoms with E-state index in [0.29, 0.717) is 25.1 Å². The summed E-state index contributed by atoms with van der Waals surface area (Å²) in [7, 11) is 1.33. The number of likely N-dealkylation sites (tertiary alicyclic amines) is 1. The molecule has 5 rings (SSSR count). The predicted octanol–water partition coefficient (Wildman–Crippen LogP) is 4.43. The van der Waals surface area contributed by atoms with Gasteiger partial charge in [-0.15, -0.1) is 0 Å². The number of nitrogens with zero attached hydrogens (tertiary/aromatic N) is 5. The number of anilines is 1. The van der Waals surface area contributed by atoms with Gasteiger partial charge in [0.1, 0.15) is 29.3 Å². The SMILES string of the molecule is COc1ccc(F)cc1C(C)(C)CC(O)(CNc1nc(C)nc2c1cnn2-c1cccc(C(=O)N2CCC[C@@H]2C(N)=O)c1)C(F)(F)F. The summed E-state index contributed by atoms with van der Waals surface area (Å²) in [5.74, 6) is -1.21. The van der Waals surface area contributed by atoms with Crippen molar-refractivity contribution < 1.29 is 37.0 Å². The second kappa shape index (κ2) is 12.4. The maximum absolute atomic E-state index is 14.5. The molecule has 2 atom stereocenters. The Labute approximate surface area is 267 Å². The number of amides is 2. The van der Waals surface area contributed by atoms with Crippen LogP contribution in [-0.2, 0) is 10.2 Å². The van der Waals surface area contributed by atoms with Crippen LogP contribution in [0.15, 0.2) is 48.7 Å². The highest BCUT2D eigenvalue weighted by Gasteiger charge is 2.56. The molecule has 0 aliphatic carbocycles. The number of hydrogen-bond donors (Lipinski definition) is 3. The fourth-order valence-corrected chi connectivity index (χ4v) is 6.11. The minimum absolute atomic E-state index is 0.00355. The zero-order chi connectivity index (χ0) is 34.3. The highest BCUT2D eigenvalue weighted by Crippen LogP contribution is 2.44. The molecular formula is C32H35F4N7O4. The third-order valence-corrected chi connectivity index (χ3v) is 8.42. The lowest BCUT2D eigenvalue weighted by Gasteiger charge is -2.38. The van der Waals surface area contributed by atoms with Crippen molar-refractivity contribution in [2.45, 2.75) is 63.3 Å². The molecule has 47 heavy (non-hydrogen) atoms. The van der Waals surface area contributed by atoms with E-state index in [-0.39, 0.29) is 45.5 Å². The molecule has 1 aliphatic rings. The summed E-state index contributed by atoms with van der Waals surface area (Å²) in [5, 5.41) is 18.4. The number of fused-ring (bicyclic) bond motifs is 1. The summed E-state index contributed by atoms with van der Waals surface area (Å²) in [5.41, 5.74) is 1.96. The average molecular weight is 658 g/mol. The number of primary amides is 1. The Morgan fingerprint density at radius 1 is 1.15 bits per heavy atom. The van der Waals surface area contributed by atoms with Gasteiger partial charge in [-0.25, -0.2) is 19.0 Å². The Morgan fingerprint density at radius 3 is 2.57 bits per heavy atom. The Bertz CT molecular complexity index is 1830. The van der Waals surface area contributed by atoms with Crippen LogP contribution in [0.1, 0.15) is 54.9 Å². The summed E-state index contributed by atoms with van der Waals surface area (Å²) in [4.78, 5) is 35.3. The van der Waals surface area contributed by atoms with Crippen LogP contribution in [0.4, 0.5) is 23.4 Å². The standard InChI is InChI=1S/C32H35F4N7O4/c1-18-40-27(38-17-31(46,32(34,35)36)16-30(2,3)23-14-20(33)10-11-25(23)47-4)22-15-39-43(28(22)41-18)21-8-5-7-19(13-21)29(45)42-12-6-9-24(42)26(37)44/h5,7-8,10-11,13-15,24,46H,6,9,12,16-17H2,1-4H3,(H2,37,44)(H,38,40,41)/t24-,31?/m1/s1. The molecule has 0 bridgehead atoms. The average Bonchev–Trinajstić information content (AvgIpc) is 3.67. The fourth-order valence-electron chi connectivity index (χ4n) is 6.11. The third-order valence-electron chi connectivity index (χ3n) is 8.42. The largest absolute Gasteiger partial charge is 0.496 e. The Morgan fingerprint density at radius 2 is 1.89 bits per heavy atom. The van der Waals surface area contributed by atoms with E-state index in [1.807, 2.05) is 0 Å². The first kappa shape index (κ1) is 33.6. The van der Waals surface area contributed by atoms with Gasteiger partial charge >= 0.3 is 6.18 Å². The predicted molar refractivity (Wildman–Crippen MR) is 165 cm³/mol. The Balaban J connectivity index is 1.45. The van der Waals surface area contributed by atoms with E-state index in [0.717, 1.165) is 12.1 Å². The molecule has 11 nitrogen and oxygen atoms in total. The van der Waals surface area contributed by atoms with E-state index in [2.05, 4.69) is 20.4 Å². The van der Waals surface area contributed by atoms with E-state index in [1.54, 1.807) is 31.2 Å². The summed E-state index contributed by atoms with van der Waals surface area (Å²) in [6, 6.07) is 9.34. The zero-order valence-corrected chi connectivity index (χ0v) is 26.2. The smallest absolute Gasteiger partial charge is 0.418 e. The first-order valence-corrected chi connectivity index (χ1v) is 14.8. The molecule has 1 aliphatic heterocycles. The summed E-state index contributed by atoms with van der Waals surface area (Å²) in [6.45, 7) is 3.88. The topological polar surface area (TPSA) is 148 Å². The van der Waals surface area contributed by atoms with Crippen molar-refractivity contribution in [3.05, 3.63) is 71.4 Å². The highest BCUT2D eigenvalue weighted by atomic mass is 19.4. The number of carbonyl (C=O) groups excluding carboxylic acids is 2. The van der Waals surface area contributed by atoms with E-state index in [9.17, 15) is 32.3 Å². The molecule has 1 unspecified atom stereocenters. The number of nitrogens with one attached hydrogen (secondary N) is 1. The molecule has 4 aromatic rings. The van der Waals surface area contributed by atoms with Crippen molar-refractivity contribution in [2.24, 2.45) is 5.73 Å². The monoisotopic (exact) mass is 657 g/mol. The van der Waals surface area contributed by atoms with Gasteiger partial charge in [-0.3, -0.25) is 9.59 Å². The number of aryl methyl sites for hydroxylation is 1. The minimum atomic E-state index is -5.08. The Hall–Kier alpha value is -4.79. The summed E-state index contributed by atoms with van der Waals surface area (Å²) in [6.07, 6.45) is -3.43. The van der Waals surface area contributed by atoms with E-state index in [4.69, 9.17) is 10.5 Å². The molecule has 0 radical (unpaired) electrons.